The predicted octanol–water partition coefficient (Wildman–Crippen LogP) is 3.38. The van der Waals surface area contributed by atoms with Gasteiger partial charge in [0.2, 0.25) is 0 Å². The number of nitrogens with two attached hydrogens (primary N) is 1. The molecule has 3 heteroatoms. The van der Waals surface area contributed by atoms with Crippen molar-refractivity contribution in [1.29, 1.82) is 0 Å². The Bertz CT molecular complexity index is 581. The highest BCUT2D eigenvalue weighted by Gasteiger charge is 2.12. The third-order valence-corrected chi connectivity index (χ3v) is 3.71. The summed E-state index contributed by atoms with van der Waals surface area (Å²) in [6, 6.07) is 9.88. The monoisotopic (exact) mass is 272 g/mol. The fraction of sp³-hybridized carbons (Fsp3) is 0.353. The molecule has 0 saturated carbocycles. The van der Waals surface area contributed by atoms with Crippen molar-refractivity contribution in [3.05, 3.63) is 64.7 Å². The maximum absolute atomic E-state index is 13.4. The molecular formula is C17H21FN2. The van der Waals surface area contributed by atoms with E-state index in [4.69, 9.17) is 5.73 Å². The Morgan fingerprint density at radius 3 is 2.60 bits per heavy atom. The van der Waals surface area contributed by atoms with Crippen LogP contribution in [0.25, 0.3) is 0 Å². The fourth-order valence-corrected chi connectivity index (χ4v) is 2.41. The average molecular weight is 272 g/mol. The largest absolute Gasteiger partial charge is 0.330 e. The summed E-state index contributed by atoms with van der Waals surface area (Å²) < 4.78 is 13.4. The maximum atomic E-state index is 13.4. The Morgan fingerprint density at radius 1 is 1.20 bits per heavy atom. The van der Waals surface area contributed by atoms with Gasteiger partial charge in [-0.3, -0.25) is 4.98 Å². The van der Waals surface area contributed by atoms with Crippen LogP contribution in [0.3, 0.4) is 0 Å². The maximum Gasteiger partial charge on any atom is 0.141 e. The molecule has 0 radical (unpaired) electrons. The quantitative estimate of drug-likeness (QED) is 0.906. The zero-order chi connectivity index (χ0) is 14.5. The van der Waals surface area contributed by atoms with Crippen molar-refractivity contribution >= 4 is 0 Å². The molecule has 106 valence electrons. The first kappa shape index (κ1) is 14.7. The molecule has 0 amide bonds. The van der Waals surface area contributed by atoms with Crippen LogP contribution in [0.2, 0.25) is 0 Å². The summed E-state index contributed by atoms with van der Waals surface area (Å²) in [6.45, 7) is 4.65. The van der Waals surface area contributed by atoms with Crippen molar-refractivity contribution in [3.8, 4) is 0 Å². The molecule has 0 spiro atoms. The zero-order valence-corrected chi connectivity index (χ0v) is 12.1. The third kappa shape index (κ3) is 3.42. The topological polar surface area (TPSA) is 38.9 Å². The van der Waals surface area contributed by atoms with Gasteiger partial charge in [0.25, 0.3) is 0 Å². The average Bonchev–Trinajstić information content (AvgIpc) is 2.46. The van der Waals surface area contributed by atoms with Crippen molar-refractivity contribution < 1.29 is 4.39 Å². The van der Waals surface area contributed by atoms with Gasteiger partial charge >= 0.3 is 0 Å². The van der Waals surface area contributed by atoms with Crippen molar-refractivity contribution in [2.75, 3.05) is 6.54 Å². The lowest BCUT2D eigenvalue weighted by atomic mass is 9.95. The van der Waals surface area contributed by atoms with Crippen molar-refractivity contribution in [2.24, 2.45) is 5.73 Å². The summed E-state index contributed by atoms with van der Waals surface area (Å²) in [4.78, 5) is 4.23. The van der Waals surface area contributed by atoms with E-state index in [2.05, 4.69) is 24.0 Å². The summed E-state index contributed by atoms with van der Waals surface area (Å²) in [6.07, 6.45) is 2.95. The second-order valence-electron chi connectivity index (χ2n) is 5.26. The van der Waals surface area contributed by atoms with Gasteiger partial charge in [0.05, 0.1) is 6.20 Å². The number of hydrogen-bond acceptors (Lipinski definition) is 2. The lowest BCUT2D eigenvalue weighted by Gasteiger charge is -2.14. The van der Waals surface area contributed by atoms with Gasteiger partial charge in [0, 0.05) is 18.2 Å². The number of benzene rings is 1. The van der Waals surface area contributed by atoms with Crippen LogP contribution >= 0.6 is 0 Å². The molecule has 2 N–H and O–H groups in total. The van der Waals surface area contributed by atoms with Gasteiger partial charge < -0.3 is 5.73 Å². The van der Waals surface area contributed by atoms with E-state index in [1.54, 1.807) is 6.07 Å². The molecule has 20 heavy (non-hydrogen) atoms. The van der Waals surface area contributed by atoms with Crippen LogP contribution < -0.4 is 5.73 Å². The van der Waals surface area contributed by atoms with Gasteiger partial charge in [-0.05, 0) is 42.5 Å². The number of aromatic nitrogens is 1. The number of hydrogen-bond donors (Lipinski definition) is 1. The SMILES string of the molecule is Cc1ccccc1CCc1cc(F)cnc1C(C)CN. The standard InChI is InChI=1S/C17H21FN2/c1-12-5-3-4-6-14(12)7-8-15-9-16(18)11-20-17(15)13(2)10-19/h3-6,9,11,13H,7-8,10,19H2,1-2H3. The molecule has 1 aromatic carbocycles. The summed E-state index contributed by atoms with van der Waals surface area (Å²) in [5.74, 6) is -0.125. The Hall–Kier alpha value is -1.74. The normalized spacial score (nSPS) is 12.4. The van der Waals surface area contributed by atoms with Crippen molar-refractivity contribution in [1.82, 2.24) is 4.98 Å². The highest BCUT2D eigenvalue weighted by molar-refractivity contribution is 5.29. The lowest BCUT2D eigenvalue weighted by molar-refractivity contribution is 0.609. The molecule has 1 atom stereocenters. The van der Waals surface area contributed by atoms with Crippen LogP contribution in [0.4, 0.5) is 4.39 Å². The molecule has 0 aliphatic carbocycles. The molecule has 1 heterocycles. The van der Waals surface area contributed by atoms with E-state index in [0.29, 0.717) is 6.54 Å². The molecular weight excluding hydrogens is 251 g/mol. The van der Waals surface area contributed by atoms with E-state index < -0.39 is 0 Å². The molecule has 0 bridgehead atoms. The van der Waals surface area contributed by atoms with Crippen molar-refractivity contribution in [2.45, 2.75) is 32.6 Å². The number of rotatable bonds is 5. The predicted molar refractivity (Wildman–Crippen MR) is 80.3 cm³/mol. The Morgan fingerprint density at radius 2 is 1.90 bits per heavy atom. The minimum Gasteiger partial charge on any atom is -0.330 e. The van der Waals surface area contributed by atoms with Crippen LogP contribution in [0.1, 0.15) is 35.2 Å². The van der Waals surface area contributed by atoms with E-state index in [1.807, 2.05) is 19.1 Å². The fourth-order valence-electron chi connectivity index (χ4n) is 2.41. The highest BCUT2D eigenvalue weighted by Crippen LogP contribution is 2.20. The van der Waals surface area contributed by atoms with Gasteiger partial charge in [-0.15, -0.1) is 0 Å². The van der Waals surface area contributed by atoms with Crippen LogP contribution in [-0.4, -0.2) is 11.5 Å². The molecule has 2 rings (SSSR count). The first-order chi connectivity index (χ1) is 9.61. The lowest BCUT2D eigenvalue weighted by Crippen LogP contribution is -2.13. The number of pyridine rings is 1. The van der Waals surface area contributed by atoms with E-state index in [9.17, 15) is 4.39 Å². The Labute approximate surface area is 119 Å². The smallest absolute Gasteiger partial charge is 0.141 e. The van der Waals surface area contributed by atoms with Crippen molar-refractivity contribution in [3.63, 3.8) is 0 Å². The van der Waals surface area contributed by atoms with Gasteiger partial charge in [-0.2, -0.15) is 0 Å². The van der Waals surface area contributed by atoms with Gasteiger partial charge in [0.15, 0.2) is 0 Å². The summed E-state index contributed by atoms with van der Waals surface area (Å²) in [7, 11) is 0. The molecule has 0 saturated heterocycles. The van der Waals surface area contributed by atoms with E-state index in [-0.39, 0.29) is 11.7 Å². The van der Waals surface area contributed by atoms with Crippen LogP contribution in [0.5, 0.6) is 0 Å². The second kappa shape index (κ2) is 6.62. The zero-order valence-electron chi connectivity index (χ0n) is 12.1. The van der Waals surface area contributed by atoms with E-state index in [0.717, 1.165) is 24.1 Å². The summed E-state index contributed by atoms with van der Waals surface area (Å²) in [5.41, 5.74) is 10.2. The molecule has 0 aliphatic rings. The van der Waals surface area contributed by atoms with Crippen LogP contribution in [0, 0.1) is 12.7 Å². The summed E-state index contributed by atoms with van der Waals surface area (Å²) >= 11 is 0. The van der Waals surface area contributed by atoms with Crippen LogP contribution in [0.15, 0.2) is 36.5 Å². The van der Waals surface area contributed by atoms with Gasteiger partial charge in [-0.1, -0.05) is 31.2 Å². The minimum atomic E-state index is -0.280. The van der Waals surface area contributed by atoms with E-state index >= 15 is 0 Å². The third-order valence-electron chi connectivity index (χ3n) is 3.71. The number of aryl methyl sites for hydroxylation is 3. The number of nitrogens with zero attached hydrogens (tertiary/aromatic N) is 1. The van der Waals surface area contributed by atoms with Gasteiger partial charge in [0.1, 0.15) is 5.82 Å². The highest BCUT2D eigenvalue weighted by atomic mass is 19.1. The number of halogens is 1. The molecule has 2 nitrogen and oxygen atoms in total. The molecule has 1 aromatic heterocycles. The first-order valence-electron chi connectivity index (χ1n) is 7.00. The molecule has 0 fully saturated rings. The first-order valence-corrected chi connectivity index (χ1v) is 7.00. The summed E-state index contributed by atoms with van der Waals surface area (Å²) in [5, 5.41) is 0. The molecule has 0 aliphatic heterocycles. The Kier molecular flexibility index (Phi) is 4.85. The molecule has 1 unspecified atom stereocenters. The minimum absolute atomic E-state index is 0.155. The molecule has 2 aromatic rings. The van der Waals surface area contributed by atoms with E-state index in [1.165, 1.54) is 17.3 Å². The van der Waals surface area contributed by atoms with Crippen LogP contribution in [-0.2, 0) is 12.8 Å². The second-order valence-corrected chi connectivity index (χ2v) is 5.26. The Balaban J connectivity index is 2.20. The van der Waals surface area contributed by atoms with Gasteiger partial charge in [-0.25, -0.2) is 4.39 Å².